The van der Waals surface area contributed by atoms with Gasteiger partial charge in [0.05, 0.1) is 13.2 Å². The number of halogens is 1. The Hall–Kier alpha value is -0.900. The van der Waals surface area contributed by atoms with Gasteiger partial charge in [0.2, 0.25) is 0 Å². The van der Waals surface area contributed by atoms with E-state index in [-0.39, 0.29) is 24.0 Å². The molecule has 1 aromatic rings. The van der Waals surface area contributed by atoms with Gasteiger partial charge in [-0.1, -0.05) is 37.1 Å². The van der Waals surface area contributed by atoms with E-state index < -0.39 is 0 Å². The fraction of sp³-hybridized carbons (Fsp3) is 0.682. The van der Waals surface area contributed by atoms with E-state index in [1.54, 1.807) is 0 Å². The number of nitrogens with zero attached hydrogens (tertiary/aromatic N) is 3. The van der Waals surface area contributed by atoms with Gasteiger partial charge in [0.15, 0.2) is 5.96 Å². The smallest absolute Gasteiger partial charge is 0.191 e. The molecule has 1 aromatic carbocycles. The molecule has 6 nitrogen and oxygen atoms in total. The Morgan fingerprint density at radius 2 is 1.69 bits per heavy atom. The summed E-state index contributed by atoms with van der Waals surface area (Å²) in [7, 11) is 1.83. The van der Waals surface area contributed by atoms with Crippen molar-refractivity contribution in [3.63, 3.8) is 0 Å². The van der Waals surface area contributed by atoms with Crippen molar-refractivity contribution in [2.75, 3.05) is 59.5 Å². The molecule has 0 spiro atoms. The maximum Gasteiger partial charge on any atom is 0.191 e. The van der Waals surface area contributed by atoms with Gasteiger partial charge in [-0.25, -0.2) is 0 Å². The van der Waals surface area contributed by atoms with Gasteiger partial charge in [-0.3, -0.25) is 14.8 Å². The molecule has 3 rings (SSSR count). The number of likely N-dealkylation sites (tertiary alicyclic amines) is 1. The molecule has 0 saturated carbocycles. The third-order valence-corrected chi connectivity index (χ3v) is 5.60. The van der Waals surface area contributed by atoms with Crippen LogP contribution in [0.5, 0.6) is 0 Å². The first-order valence-corrected chi connectivity index (χ1v) is 10.9. The summed E-state index contributed by atoms with van der Waals surface area (Å²) in [4.78, 5) is 9.38. The van der Waals surface area contributed by atoms with Crippen molar-refractivity contribution in [3.8, 4) is 0 Å². The Bertz CT molecular complexity index is 599. The van der Waals surface area contributed by atoms with Gasteiger partial charge in [-0.2, -0.15) is 0 Å². The van der Waals surface area contributed by atoms with Gasteiger partial charge in [0, 0.05) is 46.3 Å². The van der Waals surface area contributed by atoms with Crippen LogP contribution in [0, 0.1) is 0 Å². The highest BCUT2D eigenvalue weighted by molar-refractivity contribution is 14.0. The standard InChI is InChI=1S/C22H37N5O.HI/c1-23-22(24-9-12-26-13-15-28-16-14-26)25-18-20-7-6-8-21(17-20)19-27-10-4-2-3-5-11-27;/h6-8,17H,2-5,9-16,18-19H2,1H3,(H2,23,24,25);1H. The highest BCUT2D eigenvalue weighted by atomic mass is 127. The fourth-order valence-corrected chi connectivity index (χ4v) is 3.95. The summed E-state index contributed by atoms with van der Waals surface area (Å²) in [6, 6.07) is 8.96. The SMILES string of the molecule is CN=C(NCCN1CCOCC1)NCc1cccc(CN2CCCCCC2)c1.I. The number of benzene rings is 1. The van der Waals surface area contributed by atoms with Crippen molar-refractivity contribution < 1.29 is 4.74 Å². The van der Waals surface area contributed by atoms with Gasteiger partial charge >= 0.3 is 0 Å². The number of rotatable bonds is 7. The third kappa shape index (κ3) is 9.19. The van der Waals surface area contributed by atoms with Crippen LogP contribution in [0.15, 0.2) is 29.3 Å². The van der Waals surface area contributed by atoms with Gasteiger partial charge in [-0.15, -0.1) is 24.0 Å². The van der Waals surface area contributed by atoms with Crippen molar-refractivity contribution in [1.29, 1.82) is 0 Å². The normalized spacial score (nSPS) is 19.3. The van der Waals surface area contributed by atoms with Crippen LogP contribution in [0.3, 0.4) is 0 Å². The Morgan fingerprint density at radius 3 is 2.41 bits per heavy atom. The van der Waals surface area contributed by atoms with Crippen molar-refractivity contribution in [1.82, 2.24) is 20.4 Å². The van der Waals surface area contributed by atoms with E-state index in [2.05, 4.69) is 49.7 Å². The van der Waals surface area contributed by atoms with Crippen LogP contribution >= 0.6 is 24.0 Å². The third-order valence-electron chi connectivity index (χ3n) is 5.60. The van der Waals surface area contributed by atoms with E-state index in [4.69, 9.17) is 4.74 Å². The predicted octanol–water partition coefficient (Wildman–Crippen LogP) is 2.68. The number of hydrogen-bond acceptors (Lipinski definition) is 4. The summed E-state index contributed by atoms with van der Waals surface area (Å²) in [5.41, 5.74) is 2.72. The van der Waals surface area contributed by atoms with Crippen LogP contribution in [-0.2, 0) is 17.8 Å². The Kier molecular flexibility index (Phi) is 11.9. The molecule has 2 fully saturated rings. The average Bonchev–Trinajstić information content (AvgIpc) is 3.00. The zero-order chi connectivity index (χ0) is 19.4. The topological polar surface area (TPSA) is 52.1 Å². The monoisotopic (exact) mass is 515 g/mol. The van der Waals surface area contributed by atoms with Crippen molar-refractivity contribution in [2.24, 2.45) is 4.99 Å². The van der Waals surface area contributed by atoms with Gasteiger partial charge in [0.25, 0.3) is 0 Å². The molecule has 0 unspecified atom stereocenters. The number of aliphatic imine (C=N–C) groups is 1. The minimum absolute atomic E-state index is 0. The van der Waals surface area contributed by atoms with Crippen LogP contribution in [0.25, 0.3) is 0 Å². The molecule has 0 aromatic heterocycles. The lowest BCUT2D eigenvalue weighted by Gasteiger charge is -2.26. The minimum Gasteiger partial charge on any atom is -0.379 e. The van der Waals surface area contributed by atoms with Gasteiger partial charge in [0.1, 0.15) is 0 Å². The Balaban J connectivity index is 0.00000300. The molecule has 2 aliphatic rings. The zero-order valence-electron chi connectivity index (χ0n) is 17.9. The molecule has 0 bridgehead atoms. The van der Waals surface area contributed by atoms with Crippen LogP contribution in [0.1, 0.15) is 36.8 Å². The molecular formula is C22H38IN5O. The number of nitrogens with one attached hydrogen (secondary N) is 2. The zero-order valence-corrected chi connectivity index (χ0v) is 20.2. The average molecular weight is 515 g/mol. The highest BCUT2D eigenvalue weighted by Gasteiger charge is 2.11. The maximum atomic E-state index is 5.40. The Morgan fingerprint density at radius 1 is 0.966 bits per heavy atom. The van der Waals surface area contributed by atoms with Crippen LogP contribution in [-0.4, -0.2) is 75.3 Å². The predicted molar refractivity (Wildman–Crippen MR) is 131 cm³/mol. The molecule has 2 aliphatic heterocycles. The highest BCUT2D eigenvalue weighted by Crippen LogP contribution is 2.14. The van der Waals surface area contributed by atoms with Crippen LogP contribution in [0.4, 0.5) is 0 Å². The number of morpholine rings is 1. The second-order valence-corrected chi connectivity index (χ2v) is 7.82. The van der Waals surface area contributed by atoms with Crippen LogP contribution < -0.4 is 10.6 Å². The minimum atomic E-state index is 0. The van der Waals surface area contributed by atoms with E-state index in [9.17, 15) is 0 Å². The first-order chi connectivity index (χ1) is 13.8. The maximum absolute atomic E-state index is 5.40. The second kappa shape index (κ2) is 14.2. The molecule has 0 atom stereocenters. The number of ether oxygens (including phenoxy) is 1. The van der Waals surface area contributed by atoms with E-state index in [0.29, 0.717) is 0 Å². The van der Waals surface area contributed by atoms with Crippen LogP contribution in [0.2, 0.25) is 0 Å². The first kappa shape index (κ1) is 24.4. The summed E-state index contributed by atoms with van der Waals surface area (Å²) >= 11 is 0. The molecule has 0 aliphatic carbocycles. The molecule has 2 heterocycles. The number of guanidine groups is 1. The van der Waals surface area contributed by atoms with Crippen molar-refractivity contribution in [2.45, 2.75) is 38.8 Å². The summed E-state index contributed by atoms with van der Waals surface area (Å²) in [5, 5.41) is 6.87. The molecule has 0 amide bonds. The van der Waals surface area contributed by atoms with E-state index in [0.717, 1.165) is 58.4 Å². The second-order valence-electron chi connectivity index (χ2n) is 7.82. The molecule has 164 valence electrons. The van der Waals surface area contributed by atoms with Gasteiger partial charge < -0.3 is 15.4 Å². The Labute approximate surface area is 193 Å². The van der Waals surface area contributed by atoms with Crippen molar-refractivity contribution in [3.05, 3.63) is 35.4 Å². The lowest BCUT2D eigenvalue weighted by atomic mass is 10.1. The lowest BCUT2D eigenvalue weighted by molar-refractivity contribution is 0.0389. The molecule has 0 radical (unpaired) electrons. The van der Waals surface area contributed by atoms with Gasteiger partial charge in [-0.05, 0) is 37.1 Å². The quantitative estimate of drug-likeness (QED) is 0.333. The van der Waals surface area contributed by atoms with Crippen molar-refractivity contribution >= 4 is 29.9 Å². The van der Waals surface area contributed by atoms with E-state index in [1.807, 2.05) is 7.05 Å². The lowest BCUT2D eigenvalue weighted by Crippen LogP contribution is -2.44. The number of hydrogen-bond donors (Lipinski definition) is 2. The fourth-order valence-electron chi connectivity index (χ4n) is 3.95. The molecule has 29 heavy (non-hydrogen) atoms. The summed E-state index contributed by atoms with van der Waals surface area (Å²) < 4.78 is 5.40. The molecule has 2 saturated heterocycles. The van der Waals surface area contributed by atoms with E-state index >= 15 is 0 Å². The van der Waals surface area contributed by atoms with E-state index in [1.165, 1.54) is 49.9 Å². The molecule has 7 heteroatoms. The first-order valence-electron chi connectivity index (χ1n) is 10.9. The summed E-state index contributed by atoms with van der Waals surface area (Å²) in [6.45, 7) is 10.0. The summed E-state index contributed by atoms with van der Waals surface area (Å²) in [5.74, 6) is 0.867. The largest absolute Gasteiger partial charge is 0.379 e. The molecular weight excluding hydrogens is 477 g/mol. The summed E-state index contributed by atoms with van der Waals surface area (Å²) in [6.07, 6.45) is 5.46. The molecule has 2 N–H and O–H groups in total.